The van der Waals surface area contributed by atoms with Gasteiger partial charge in [0.2, 0.25) is 5.88 Å². The highest BCUT2D eigenvalue weighted by molar-refractivity contribution is 5.76. The Bertz CT molecular complexity index is 1250. The zero-order valence-electron chi connectivity index (χ0n) is 22.7. The average molecular weight is 533 g/mol. The molecule has 3 atom stereocenters. The maximum Gasteiger partial charge on any atom is 0.327 e. The fourth-order valence-corrected chi connectivity index (χ4v) is 5.61. The van der Waals surface area contributed by atoms with Crippen molar-refractivity contribution in [2.24, 2.45) is 17.0 Å². The number of piperidine rings is 1. The van der Waals surface area contributed by atoms with E-state index in [0.717, 1.165) is 38.2 Å². The molecule has 3 aliphatic rings. The SMILES string of the molecule is CO/N=C1\OC[C@@H](c2ccccc2)N1C1CCN(Cc2ccc(OC3=CC(C)C(C(=O)O)C=C3)nc2C)CC1. The molecule has 9 nitrogen and oxygen atoms in total. The second-order valence-electron chi connectivity index (χ2n) is 10.4. The van der Waals surface area contributed by atoms with Gasteiger partial charge in [0.05, 0.1) is 12.0 Å². The van der Waals surface area contributed by atoms with Crippen molar-refractivity contribution in [3.8, 4) is 5.88 Å². The Hall–Kier alpha value is -3.85. The Labute approximate surface area is 229 Å². The van der Waals surface area contributed by atoms with Crippen molar-refractivity contribution in [1.29, 1.82) is 0 Å². The number of carboxylic acid groups (broad SMARTS) is 1. The number of allylic oxidation sites excluding steroid dienone is 2. The molecule has 2 saturated heterocycles. The summed E-state index contributed by atoms with van der Waals surface area (Å²) in [6.07, 6.45) is 7.22. The quantitative estimate of drug-likeness (QED) is 0.496. The number of ether oxygens (including phenoxy) is 2. The van der Waals surface area contributed by atoms with Crippen LogP contribution in [0, 0.1) is 18.8 Å². The lowest BCUT2D eigenvalue weighted by molar-refractivity contribution is -0.141. The number of benzene rings is 1. The van der Waals surface area contributed by atoms with E-state index in [2.05, 4.69) is 50.3 Å². The molecular weight excluding hydrogens is 496 g/mol. The minimum Gasteiger partial charge on any atom is -0.481 e. The lowest BCUT2D eigenvalue weighted by Crippen LogP contribution is -2.46. The maximum atomic E-state index is 11.3. The highest BCUT2D eigenvalue weighted by Crippen LogP contribution is 2.34. The maximum absolute atomic E-state index is 11.3. The van der Waals surface area contributed by atoms with Crippen molar-refractivity contribution in [1.82, 2.24) is 14.8 Å². The molecule has 2 fully saturated rings. The van der Waals surface area contributed by atoms with E-state index in [1.807, 2.05) is 32.1 Å². The monoisotopic (exact) mass is 532 g/mol. The first-order valence-electron chi connectivity index (χ1n) is 13.5. The summed E-state index contributed by atoms with van der Waals surface area (Å²) in [7, 11) is 1.55. The number of rotatable bonds is 8. The molecular formula is C30H36N4O5. The third kappa shape index (κ3) is 6.09. The van der Waals surface area contributed by atoms with Crippen LogP contribution in [0.15, 0.2) is 71.6 Å². The molecule has 9 heteroatoms. The van der Waals surface area contributed by atoms with Gasteiger partial charge in [-0.2, -0.15) is 0 Å². The summed E-state index contributed by atoms with van der Waals surface area (Å²) in [5, 5.41) is 13.5. The number of pyridine rings is 1. The molecule has 2 aromatic rings. The zero-order chi connectivity index (χ0) is 27.4. The van der Waals surface area contributed by atoms with Crippen molar-refractivity contribution in [2.45, 2.75) is 45.3 Å². The number of likely N-dealkylation sites (tertiary alicyclic amines) is 1. The summed E-state index contributed by atoms with van der Waals surface area (Å²) in [6.45, 7) is 7.19. The van der Waals surface area contributed by atoms with Crippen molar-refractivity contribution in [3.63, 3.8) is 0 Å². The van der Waals surface area contributed by atoms with Gasteiger partial charge >= 0.3 is 12.0 Å². The number of carbonyl (C=O) groups is 1. The number of aryl methyl sites for hydroxylation is 1. The van der Waals surface area contributed by atoms with Gasteiger partial charge in [-0.25, -0.2) is 4.98 Å². The lowest BCUT2D eigenvalue weighted by Gasteiger charge is -2.38. The van der Waals surface area contributed by atoms with Crippen LogP contribution in [0.25, 0.3) is 0 Å². The van der Waals surface area contributed by atoms with Crippen LogP contribution in [-0.2, 0) is 20.9 Å². The number of hydrogen-bond donors (Lipinski definition) is 1. The molecule has 39 heavy (non-hydrogen) atoms. The number of carboxylic acids is 1. The third-order valence-electron chi connectivity index (χ3n) is 7.76. The topological polar surface area (TPSA) is 96.7 Å². The van der Waals surface area contributed by atoms with Gasteiger partial charge in [0.15, 0.2) is 0 Å². The molecule has 2 aliphatic heterocycles. The highest BCUT2D eigenvalue weighted by Gasteiger charge is 2.39. The fraction of sp³-hybridized carbons (Fsp3) is 0.433. The molecule has 0 spiro atoms. The van der Waals surface area contributed by atoms with E-state index in [1.165, 1.54) is 11.1 Å². The van der Waals surface area contributed by atoms with Crippen LogP contribution in [0.1, 0.15) is 42.6 Å². The molecule has 206 valence electrons. The molecule has 1 aromatic heterocycles. The molecule has 0 radical (unpaired) electrons. The lowest BCUT2D eigenvalue weighted by atomic mass is 9.89. The molecule has 0 bridgehead atoms. The molecule has 2 unspecified atom stereocenters. The van der Waals surface area contributed by atoms with Gasteiger partial charge in [-0.05, 0) is 54.1 Å². The summed E-state index contributed by atoms with van der Waals surface area (Å²) < 4.78 is 11.9. The van der Waals surface area contributed by atoms with Gasteiger partial charge in [-0.15, -0.1) is 0 Å². The first-order chi connectivity index (χ1) is 18.9. The molecule has 1 aliphatic carbocycles. The molecule has 0 saturated carbocycles. The smallest absolute Gasteiger partial charge is 0.327 e. The normalized spacial score (nSPS) is 24.9. The predicted octanol–water partition coefficient (Wildman–Crippen LogP) is 4.51. The Kier molecular flexibility index (Phi) is 8.16. The first kappa shape index (κ1) is 26.7. The van der Waals surface area contributed by atoms with Crippen LogP contribution < -0.4 is 4.74 Å². The summed E-state index contributed by atoms with van der Waals surface area (Å²) in [6, 6.07) is 15.4. The molecule has 1 N–H and O–H groups in total. The van der Waals surface area contributed by atoms with E-state index in [0.29, 0.717) is 30.3 Å². The predicted molar refractivity (Wildman–Crippen MR) is 147 cm³/mol. The van der Waals surface area contributed by atoms with Crippen molar-refractivity contribution >= 4 is 12.0 Å². The zero-order valence-corrected chi connectivity index (χ0v) is 22.7. The second kappa shape index (κ2) is 11.9. The van der Waals surface area contributed by atoms with E-state index in [1.54, 1.807) is 19.3 Å². The van der Waals surface area contributed by atoms with Crippen LogP contribution in [-0.4, -0.2) is 64.7 Å². The Morgan fingerprint density at radius 2 is 1.95 bits per heavy atom. The minimum atomic E-state index is -0.829. The van der Waals surface area contributed by atoms with Gasteiger partial charge in [-0.3, -0.25) is 9.69 Å². The second-order valence-corrected chi connectivity index (χ2v) is 10.4. The summed E-state index contributed by atoms with van der Waals surface area (Å²) >= 11 is 0. The van der Waals surface area contributed by atoms with Crippen LogP contribution in [0.5, 0.6) is 5.88 Å². The van der Waals surface area contributed by atoms with E-state index in [9.17, 15) is 9.90 Å². The van der Waals surface area contributed by atoms with Crippen LogP contribution in [0.2, 0.25) is 0 Å². The summed E-state index contributed by atoms with van der Waals surface area (Å²) in [4.78, 5) is 25.8. The van der Waals surface area contributed by atoms with Gasteiger partial charge in [0, 0.05) is 37.4 Å². The highest BCUT2D eigenvalue weighted by atomic mass is 16.6. The van der Waals surface area contributed by atoms with Gasteiger partial charge in [0.1, 0.15) is 19.5 Å². The molecule has 3 heterocycles. The van der Waals surface area contributed by atoms with Crippen LogP contribution in [0.3, 0.4) is 0 Å². The largest absolute Gasteiger partial charge is 0.481 e. The third-order valence-corrected chi connectivity index (χ3v) is 7.76. The van der Waals surface area contributed by atoms with Crippen molar-refractivity contribution in [3.05, 3.63) is 83.3 Å². The standard InChI is InChI=1S/C30H36N4O5/c1-20-17-25(10-11-26(20)29(35)36)39-28-12-9-23(21(2)31-28)18-33-15-13-24(14-16-33)34-27(19-38-30(34)32-37-3)22-7-5-4-6-8-22/h4-12,17,20,24,26-27H,13-16,18-19H2,1-3H3,(H,35,36)/b32-30-/t20?,26?,27-/m0/s1. The number of aromatic nitrogens is 1. The van der Waals surface area contributed by atoms with E-state index in [4.69, 9.17) is 14.3 Å². The number of oxime groups is 1. The van der Waals surface area contributed by atoms with E-state index >= 15 is 0 Å². The number of hydrogen-bond acceptors (Lipinski definition) is 7. The molecule has 0 amide bonds. The van der Waals surface area contributed by atoms with Gasteiger partial charge < -0.3 is 24.3 Å². The van der Waals surface area contributed by atoms with E-state index < -0.39 is 11.9 Å². The molecule has 5 rings (SSSR count). The van der Waals surface area contributed by atoms with Gasteiger partial charge in [0.25, 0.3) is 0 Å². The summed E-state index contributed by atoms with van der Waals surface area (Å²) in [5.74, 6) is -0.363. The molecule has 1 aromatic carbocycles. The minimum absolute atomic E-state index is 0.128. The van der Waals surface area contributed by atoms with Crippen LogP contribution >= 0.6 is 0 Å². The Morgan fingerprint density at radius 1 is 1.18 bits per heavy atom. The number of nitrogens with zero attached hydrogens (tertiary/aromatic N) is 4. The van der Waals surface area contributed by atoms with Crippen molar-refractivity contribution < 1.29 is 24.2 Å². The Balaban J connectivity index is 1.19. The fourth-order valence-electron chi connectivity index (χ4n) is 5.61. The first-order valence-corrected chi connectivity index (χ1v) is 13.5. The number of amidine groups is 1. The van der Waals surface area contributed by atoms with Crippen molar-refractivity contribution in [2.75, 3.05) is 26.8 Å². The summed E-state index contributed by atoms with van der Waals surface area (Å²) in [5.41, 5.74) is 3.32. The average Bonchev–Trinajstić information content (AvgIpc) is 3.35. The van der Waals surface area contributed by atoms with E-state index in [-0.39, 0.29) is 12.0 Å². The Morgan fingerprint density at radius 3 is 2.62 bits per heavy atom. The number of aliphatic carboxylic acids is 1. The van der Waals surface area contributed by atoms with Crippen LogP contribution in [0.4, 0.5) is 0 Å². The van der Waals surface area contributed by atoms with Gasteiger partial charge in [-0.1, -0.05) is 49.4 Å².